The van der Waals surface area contributed by atoms with Gasteiger partial charge in [0.2, 0.25) is 11.7 Å². The van der Waals surface area contributed by atoms with E-state index in [-0.39, 0.29) is 24.0 Å². The van der Waals surface area contributed by atoms with Gasteiger partial charge in [-0.05, 0) is 35.9 Å². The summed E-state index contributed by atoms with van der Waals surface area (Å²) >= 11 is 0. The zero-order valence-corrected chi connectivity index (χ0v) is 14.4. The van der Waals surface area contributed by atoms with Crippen LogP contribution in [0, 0.1) is 11.3 Å². The maximum absolute atomic E-state index is 12.7. The van der Waals surface area contributed by atoms with E-state index in [1.165, 1.54) is 18.9 Å². The maximum Gasteiger partial charge on any atom is 0.228 e. The summed E-state index contributed by atoms with van der Waals surface area (Å²) in [5.41, 5.74) is 2.03. The Bertz CT molecular complexity index is 957. The SMILES string of the molecule is COc1cc(C=C2C(=O)c3ccccc3N2C(C)=O)ccc1OCC#N. The first-order valence-electron chi connectivity index (χ1n) is 7.90. The van der Waals surface area contributed by atoms with E-state index in [1.807, 2.05) is 6.07 Å². The van der Waals surface area contributed by atoms with E-state index in [0.29, 0.717) is 28.3 Å². The second-order valence-corrected chi connectivity index (χ2v) is 5.59. The minimum Gasteiger partial charge on any atom is -0.493 e. The largest absolute Gasteiger partial charge is 0.493 e. The summed E-state index contributed by atoms with van der Waals surface area (Å²) < 4.78 is 10.6. The van der Waals surface area contributed by atoms with Gasteiger partial charge in [0, 0.05) is 12.5 Å². The Hall–Kier alpha value is -3.59. The molecule has 0 fully saturated rings. The van der Waals surface area contributed by atoms with Crippen molar-refractivity contribution >= 4 is 23.5 Å². The lowest BCUT2D eigenvalue weighted by Gasteiger charge is -2.16. The van der Waals surface area contributed by atoms with Crippen molar-refractivity contribution in [1.29, 1.82) is 5.26 Å². The number of allylic oxidation sites excluding steroid dienone is 1. The van der Waals surface area contributed by atoms with E-state index in [2.05, 4.69) is 0 Å². The number of benzene rings is 2. The summed E-state index contributed by atoms with van der Waals surface area (Å²) in [4.78, 5) is 26.2. The number of carbonyl (C=O) groups is 2. The Morgan fingerprint density at radius 2 is 2.00 bits per heavy atom. The van der Waals surface area contributed by atoms with Crippen LogP contribution in [-0.4, -0.2) is 25.4 Å². The Labute approximate surface area is 150 Å². The van der Waals surface area contributed by atoms with Gasteiger partial charge in [-0.25, -0.2) is 0 Å². The Balaban J connectivity index is 2.03. The predicted molar refractivity (Wildman–Crippen MR) is 96.0 cm³/mol. The van der Waals surface area contributed by atoms with Gasteiger partial charge in [-0.15, -0.1) is 0 Å². The van der Waals surface area contributed by atoms with E-state index >= 15 is 0 Å². The third-order valence-electron chi connectivity index (χ3n) is 3.96. The number of para-hydroxylation sites is 1. The molecule has 1 heterocycles. The Morgan fingerprint density at radius 1 is 1.23 bits per heavy atom. The normalized spacial score (nSPS) is 14.1. The van der Waals surface area contributed by atoms with Crippen LogP contribution in [0.4, 0.5) is 5.69 Å². The molecule has 0 atom stereocenters. The number of amides is 1. The fraction of sp³-hybridized carbons (Fsp3) is 0.150. The molecule has 0 N–H and O–H groups in total. The third-order valence-corrected chi connectivity index (χ3v) is 3.96. The van der Waals surface area contributed by atoms with Gasteiger partial charge >= 0.3 is 0 Å². The lowest BCUT2D eigenvalue weighted by Crippen LogP contribution is -2.25. The molecular weight excluding hydrogens is 332 g/mol. The standard InChI is InChI=1S/C20H16N2O4/c1-13(23)22-16-6-4-3-5-15(16)20(24)17(22)11-14-7-8-18(26-10-9-21)19(12-14)25-2/h3-8,11-12H,10H2,1-2H3. The van der Waals surface area contributed by atoms with Gasteiger partial charge in [-0.1, -0.05) is 18.2 Å². The summed E-state index contributed by atoms with van der Waals surface area (Å²) in [6.45, 7) is 1.32. The van der Waals surface area contributed by atoms with Gasteiger partial charge < -0.3 is 9.47 Å². The first-order valence-corrected chi connectivity index (χ1v) is 7.90. The molecule has 0 saturated carbocycles. The Kier molecular flexibility index (Phi) is 4.72. The van der Waals surface area contributed by atoms with Crippen molar-refractivity contribution in [3.05, 3.63) is 59.3 Å². The maximum atomic E-state index is 12.7. The van der Waals surface area contributed by atoms with Crippen molar-refractivity contribution < 1.29 is 19.1 Å². The highest BCUT2D eigenvalue weighted by atomic mass is 16.5. The van der Waals surface area contributed by atoms with Crippen LogP contribution in [0.15, 0.2) is 48.2 Å². The summed E-state index contributed by atoms with van der Waals surface area (Å²) in [5, 5.41) is 8.63. The molecule has 0 saturated heterocycles. The van der Waals surface area contributed by atoms with E-state index in [0.717, 1.165) is 0 Å². The lowest BCUT2D eigenvalue weighted by atomic mass is 10.1. The number of rotatable bonds is 4. The second-order valence-electron chi connectivity index (χ2n) is 5.59. The molecule has 0 aliphatic carbocycles. The molecule has 0 spiro atoms. The van der Waals surface area contributed by atoms with Crippen LogP contribution < -0.4 is 14.4 Å². The molecule has 0 aromatic heterocycles. The van der Waals surface area contributed by atoms with Gasteiger partial charge in [0.05, 0.1) is 18.5 Å². The number of Topliss-reactive ketones (excluding diaryl/α,β-unsaturated/α-hetero) is 1. The quantitative estimate of drug-likeness (QED) is 0.793. The number of anilines is 1. The number of carbonyl (C=O) groups excluding carboxylic acids is 2. The van der Waals surface area contributed by atoms with Crippen molar-refractivity contribution in [3.63, 3.8) is 0 Å². The third kappa shape index (κ3) is 3.03. The highest BCUT2D eigenvalue weighted by Crippen LogP contribution is 2.36. The van der Waals surface area contributed by atoms with Gasteiger partial charge in [-0.2, -0.15) is 5.26 Å². The van der Waals surface area contributed by atoms with Gasteiger partial charge in [0.15, 0.2) is 18.1 Å². The van der Waals surface area contributed by atoms with Crippen molar-refractivity contribution in [3.8, 4) is 17.6 Å². The summed E-state index contributed by atoms with van der Waals surface area (Å²) in [7, 11) is 1.49. The molecule has 6 heteroatoms. The molecule has 2 aromatic rings. The highest BCUT2D eigenvalue weighted by Gasteiger charge is 2.34. The summed E-state index contributed by atoms with van der Waals surface area (Å²) in [5.74, 6) is 0.419. The smallest absolute Gasteiger partial charge is 0.228 e. The van der Waals surface area contributed by atoms with E-state index in [1.54, 1.807) is 48.5 Å². The minimum atomic E-state index is -0.240. The van der Waals surface area contributed by atoms with E-state index in [9.17, 15) is 9.59 Å². The van der Waals surface area contributed by atoms with Crippen LogP contribution in [0.1, 0.15) is 22.8 Å². The average Bonchev–Trinajstić information content (AvgIpc) is 2.93. The van der Waals surface area contributed by atoms with Gasteiger partial charge in [0.1, 0.15) is 6.07 Å². The van der Waals surface area contributed by atoms with E-state index in [4.69, 9.17) is 14.7 Å². The summed E-state index contributed by atoms with van der Waals surface area (Å²) in [6.07, 6.45) is 1.64. The zero-order valence-electron chi connectivity index (χ0n) is 14.4. The fourth-order valence-electron chi connectivity index (χ4n) is 2.86. The Morgan fingerprint density at radius 3 is 2.69 bits per heavy atom. The molecule has 3 rings (SSSR count). The van der Waals surface area contributed by atoms with Crippen molar-refractivity contribution in [2.75, 3.05) is 18.6 Å². The predicted octanol–water partition coefficient (Wildman–Crippen LogP) is 3.19. The molecule has 1 amide bonds. The van der Waals surface area contributed by atoms with Crippen molar-refractivity contribution in [2.45, 2.75) is 6.92 Å². The van der Waals surface area contributed by atoms with Gasteiger partial charge in [0.25, 0.3) is 0 Å². The number of nitrogens with zero attached hydrogens (tertiary/aromatic N) is 2. The number of nitriles is 1. The van der Waals surface area contributed by atoms with Crippen molar-refractivity contribution in [1.82, 2.24) is 0 Å². The first-order chi connectivity index (χ1) is 12.6. The summed E-state index contributed by atoms with van der Waals surface area (Å²) in [6, 6.07) is 14.0. The molecule has 0 bridgehead atoms. The molecule has 1 aliphatic heterocycles. The van der Waals surface area contributed by atoms with Crippen LogP contribution >= 0.6 is 0 Å². The number of methoxy groups -OCH3 is 1. The van der Waals surface area contributed by atoms with Crippen LogP contribution in [0.5, 0.6) is 11.5 Å². The zero-order chi connectivity index (χ0) is 18.7. The van der Waals surface area contributed by atoms with Crippen LogP contribution in [-0.2, 0) is 4.79 Å². The van der Waals surface area contributed by atoms with Crippen LogP contribution in [0.2, 0.25) is 0 Å². The fourth-order valence-corrected chi connectivity index (χ4v) is 2.86. The molecule has 1 aliphatic rings. The molecular formula is C20H16N2O4. The minimum absolute atomic E-state index is 0.0945. The topological polar surface area (TPSA) is 79.6 Å². The number of hydrogen-bond donors (Lipinski definition) is 0. The van der Waals surface area contributed by atoms with Crippen LogP contribution in [0.25, 0.3) is 6.08 Å². The molecule has 6 nitrogen and oxygen atoms in total. The number of ketones is 1. The molecule has 0 radical (unpaired) electrons. The van der Waals surface area contributed by atoms with Gasteiger partial charge in [-0.3, -0.25) is 14.5 Å². The molecule has 0 unspecified atom stereocenters. The molecule has 2 aromatic carbocycles. The van der Waals surface area contributed by atoms with E-state index < -0.39 is 0 Å². The van der Waals surface area contributed by atoms with Crippen LogP contribution in [0.3, 0.4) is 0 Å². The lowest BCUT2D eigenvalue weighted by molar-refractivity contribution is -0.116. The van der Waals surface area contributed by atoms with Crippen molar-refractivity contribution in [2.24, 2.45) is 0 Å². The molecule has 130 valence electrons. The average molecular weight is 348 g/mol. The highest BCUT2D eigenvalue weighted by molar-refractivity contribution is 6.26. The first kappa shape index (κ1) is 17.2. The molecule has 26 heavy (non-hydrogen) atoms. The monoisotopic (exact) mass is 348 g/mol. The second kappa shape index (κ2) is 7.11. The number of hydrogen-bond acceptors (Lipinski definition) is 5. The number of fused-ring (bicyclic) bond motifs is 1. The number of ether oxygens (including phenoxy) is 2.